The summed E-state index contributed by atoms with van der Waals surface area (Å²) in [5.41, 5.74) is 4.32. The van der Waals surface area contributed by atoms with Crippen LogP contribution < -0.4 is 0 Å². The van der Waals surface area contributed by atoms with E-state index in [1.807, 2.05) is 42.8 Å². The van der Waals surface area contributed by atoms with E-state index in [2.05, 4.69) is 11.1 Å². The van der Waals surface area contributed by atoms with Gasteiger partial charge in [-0.3, -0.25) is 4.98 Å². The third-order valence-electron chi connectivity index (χ3n) is 3.58. The van der Waals surface area contributed by atoms with Gasteiger partial charge >= 0.3 is 5.97 Å². The van der Waals surface area contributed by atoms with E-state index in [0.717, 1.165) is 22.0 Å². The number of thiophene rings is 1. The fourth-order valence-electron chi connectivity index (χ4n) is 2.45. The van der Waals surface area contributed by atoms with Crippen molar-refractivity contribution in [3.63, 3.8) is 0 Å². The monoisotopic (exact) mass is 297 g/mol. The van der Waals surface area contributed by atoms with Gasteiger partial charge in [0.25, 0.3) is 0 Å². The molecule has 0 fully saturated rings. The summed E-state index contributed by atoms with van der Waals surface area (Å²) in [7, 11) is 1.42. The van der Waals surface area contributed by atoms with Crippen molar-refractivity contribution >= 4 is 28.2 Å². The number of esters is 1. The molecule has 0 aliphatic heterocycles. The number of carbonyl (C=O) groups excluding carboxylic acids is 1. The molecule has 3 rings (SSSR count). The molecule has 0 aliphatic carbocycles. The fourth-order valence-corrected chi connectivity index (χ4v) is 3.44. The van der Waals surface area contributed by atoms with Crippen LogP contribution in [0.2, 0.25) is 0 Å². The summed E-state index contributed by atoms with van der Waals surface area (Å²) in [5.74, 6) is -0.263. The lowest BCUT2D eigenvalue weighted by molar-refractivity contribution is 0.0605. The maximum absolute atomic E-state index is 11.9. The van der Waals surface area contributed by atoms with Crippen molar-refractivity contribution in [1.82, 2.24) is 4.98 Å². The molecule has 0 spiro atoms. The first-order chi connectivity index (χ1) is 10.2. The van der Waals surface area contributed by atoms with E-state index in [1.54, 1.807) is 0 Å². The van der Waals surface area contributed by atoms with E-state index in [1.165, 1.54) is 24.0 Å². The van der Waals surface area contributed by atoms with Crippen molar-refractivity contribution in [2.45, 2.75) is 13.3 Å². The average molecular weight is 297 g/mol. The quantitative estimate of drug-likeness (QED) is 0.686. The van der Waals surface area contributed by atoms with Crippen molar-refractivity contribution in [3.05, 3.63) is 63.5 Å². The Hall–Kier alpha value is -2.20. The Labute approximate surface area is 127 Å². The number of fused-ring (bicyclic) bond motifs is 1. The predicted octanol–water partition coefficient (Wildman–Crippen LogP) is 3.98. The van der Waals surface area contributed by atoms with Crippen molar-refractivity contribution < 1.29 is 9.53 Å². The molecule has 2 heterocycles. The number of aryl methyl sites for hydroxylation is 1. The summed E-state index contributed by atoms with van der Waals surface area (Å²) < 4.78 is 4.87. The second kappa shape index (κ2) is 5.66. The molecule has 0 saturated carbocycles. The molecule has 2 aromatic heterocycles. The van der Waals surface area contributed by atoms with Crippen LogP contribution in [0.5, 0.6) is 0 Å². The number of hydrogen-bond acceptors (Lipinski definition) is 4. The van der Waals surface area contributed by atoms with Crippen molar-refractivity contribution in [3.8, 4) is 0 Å². The Morgan fingerprint density at radius 3 is 2.90 bits per heavy atom. The molecule has 3 nitrogen and oxygen atoms in total. The zero-order valence-electron chi connectivity index (χ0n) is 11.9. The summed E-state index contributed by atoms with van der Waals surface area (Å²) in [6.07, 6.45) is 2.53. The van der Waals surface area contributed by atoms with Gasteiger partial charge in [-0.25, -0.2) is 4.79 Å². The van der Waals surface area contributed by atoms with Crippen LogP contribution in [0.3, 0.4) is 0 Å². The minimum atomic E-state index is -0.263. The van der Waals surface area contributed by atoms with Crippen LogP contribution >= 0.6 is 11.3 Å². The summed E-state index contributed by atoms with van der Waals surface area (Å²) in [5, 5.41) is 3.13. The maximum Gasteiger partial charge on any atom is 0.348 e. The number of pyridine rings is 1. The Morgan fingerprint density at radius 1 is 1.29 bits per heavy atom. The molecule has 1 aromatic carbocycles. The first-order valence-electron chi connectivity index (χ1n) is 6.68. The van der Waals surface area contributed by atoms with Gasteiger partial charge in [0.15, 0.2) is 0 Å². The molecule has 3 aromatic rings. The van der Waals surface area contributed by atoms with Crippen LogP contribution in [-0.2, 0) is 11.2 Å². The largest absolute Gasteiger partial charge is 0.465 e. The van der Waals surface area contributed by atoms with Gasteiger partial charge in [-0.2, -0.15) is 0 Å². The van der Waals surface area contributed by atoms with Crippen molar-refractivity contribution in [2.75, 3.05) is 7.11 Å². The summed E-state index contributed by atoms with van der Waals surface area (Å²) in [6, 6.07) is 10.1. The first kappa shape index (κ1) is 13.8. The van der Waals surface area contributed by atoms with Crippen LogP contribution in [0.4, 0.5) is 0 Å². The maximum atomic E-state index is 11.9. The lowest BCUT2D eigenvalue weighted by atomic mass is 9.99. The number of para-hydroxylation sites is 1. The molecule has 0 N–H and O–H groups in total. The van der Waals surface area contributed by atoms with Crippen LogP contribution in [0.1, 0.15) is 26.4 Å². The Morgan fingerprint density at radius 2 is 2.10 bits per heavy atom. The zero-order valence-corrected chi connectivity index (χ0v) is 12.7. The molecular weight excluding hydrogens is 282 g/mol. The standard InChI is InChI=1S/C17H15NO2S/c1-11-10-21-16(17(19)20-2)14(11)9-12-7-8-18-15-6-4-3-5-13(12)15/h3-8,10H,9H2,1-2H3. The highest BCUT2D eigenvalue weighted by Crippen LogP contribution is 2.28. The van der Waals surface area contributed by atoms with E-state index >= 15 is 0 Å². The molecule has 0 atom stereocenters. The molecule has 0 radical (unpaired) electrons. The SMILES string of the molecule is COC(=O)c1scc(C)c1Cc1ccnc2ccccc12. The molecular formula is C17H15NO2S. The summed E-state index contributed by atoms with van der Waals surface area (Å²) in [6.45, 7) is 2.03. The van der Waals surface area contributed by atoms with Crippen LogP contribution in [0.25, 0.3) is 10.9 Å². The topological polar surface area (TPSA) is 39.2 Å². The molecule has 0 unspecified atom stereocenters. The minimum absolute atomic E-state index is 0.263. The Bertz CT molecular complexity index is 802. The van der Waals surface area contributed by atoms with Gasteiger partial charge in [0.2, 0.25) is 0 Å². The smallest absolute Gasteiger partial charge is 0.348 e. The van der Waals surface area contributed by atoms with Gasteiger partial charge in [0.05, 0.1) is 12.6 Å². The van der Waals surface area contributed by atoms with Gasteiger partial charge in [-0.15, -0.1) is 11.3 Å². The van der Waals surface area contributed by atoms with E-state index < -0.39 is 0 Å². The van der Waals surface area contributed by atoms with Crippen LogP contribution in [-0.4, -0.2) is 18.1 Å². The highest BCUT2D eigenvalue weighted by Gasteiger charge is 2.17. The van der Waals surface area contributed by atoms with Crippen molar-refractivity contribution in [1.29, 1.82) is 0 Å². The number of nitrogens with zero attached hydrogens (tertiary/aromatic N) is 1. The lowest BCUT2D eigenvalue weighted by Crippen LogP contribution is -2.03. The minimum Gasteiger partial charge on any atom is -0.465 e. The van der Waals surface area contributed by atoms with E-state index in [0.29, 0.717) is 11.3 Å². The molecule has 0 aliphatic rings. The normalized spacial score (nSPS) is 10.8. The number of ether oxygens (including phenoxy) is 1. The number of methoxy groups -OCH3 is 1. The summed E-state index contributed by atoms with van der Waals surface area (Å²) in [4.78, 5) is 16.9. The predicted molar refractivity (Wildman–Crippen MR) is 84.9 cm³/mol. The van der Waals surface area contributed by atoms with E-state index in [-0.39, 0.29) is 5.97 Å². The molecule has 4 heteroatoms. The van der Waals surface area contributed by atoms with Gasteiger partial charge in [0.1, 0.15) is 4.88 Å². The first-order valence-corrected chi connectivity index (χ1v) is 7.56. The third-order valence-corrected chi connectivity index (χ3v) is 4.70. The van der Waals surface area contributed by atoms with Gasteiger partial charge in [0, 0.05) is 18.0 Å². The number of hydrogen-bond donors (Lipinski definition) is 0. The van der Waals surface area contributed by atoms with E-state index in [4.69, 9.17) is 4.74 Å². The Kier molecular flexibility index (Phi) is 3.71. The van der Waals surface area contributed by atoms with E-state index in [9.17, 15) is 4.79 Å². The number of aromatic nitrogens is 1. The number of benzene rings is 1. The van der Waals surface area contributed by atoms with Crippen LogP contribution in [0, 0.1) is 6.92 Å². The van der Waals surface area contributed by atoms with Gasteiger partial charge in [-0.1, -0.05) is 18.2 Å². The Balaban J connectivity index is 2.07. The van der Waals surface area contributed by atoms with Crippen LogP contribution in [0.15, 0.2) is 41.9 Å². The lowest BCUT2D eigenvalue weighted by Gasteiger charge is -2.08. The van der Waals surface area contributed by atoms with Crippen molar-refractivity contribution in [2.24, 2.45) is 0 Å². The highest BCUT2D eigenvalue weighted by molar-refractivity contribution is 7.12. The second-order valence-corrected chi connectivity index (χ2v) is 5.76. The fraction of sp³-hybridized carbons (Fsp3) is 0.176. The third kappa shape index (κ3) is 2.54. The molecule has 0 amide bonds. The van der Waals surface area contributed by atoms with Gasteiger partial charge in [-0.05, 0) is 41.1 Å². The number of carbonyl (C=O) groups is 1. The molecule has 0 saturated heterocycles. The molecule has 21 heavy (non-hydrogen) atoms. The molecule has 0 bridgehead atoms. The molecule has 106 valence electrons. The second-order valence-electron chi connectivity index (χ2n) is 4.88. The summed E-state index contributed by atoms with van der Waals surface area (Å²) >= 11 is 1.44. The highest BCUT2D eigenvalue weighted by atomic mass is 32.1. The van der Waals surface area contributed by atoms with Gasteiger partial charge < -0.3 is 4.74 Å². The average Bonchev–Trinajstić information content (AvgIpc) is 2.88. The number of rotatable bonds is 3. The zero-order chi connectivity index (χ0) is 14.8.